The van der Waals surface area contributed by atoms with Crippen molar-refractivity contribution in [1.29, 1.82) is 0 Å². The number of aromatic nitrogens is 2. The molecule has 0 aliphatic heterocycles. The zero-order chi connectivity index (χ0) is 21.5. The summed E-state index contributed by atoms with van der Waals surface area (Å²) in [6, 6.07) is 28.4. The van der Waals surface area contributed by atoms with E-state index in [2.05, 4.69) is 26.2 Å². The van der Waals surface area contributed by atoms with Crippen LogP contribution in [0.2, 0.25) is 0 Å². The third-order valence-corrected chi connectivity index (χ3v) is 4.46. The number of hydrogen-bond acceptors (Lipinski definition) is 7. The molecule has 0 saturated carbocycles. The van der Waals surface area contributed by atoms with Gasteiger partial charge in [-0.05, 0) is 36.4 Å². The van der Waals surface area contributed by atoms with Crippen LogP contribution in [-0.2, 0) is 0 Å². The monoisotopic (exact) mass is 411 g/mol. The number of nitrogen functional groups attached to an aromatic ring is 1. The molecule has 3 aromatic carbocycles. The van der Waals surface area contributed by atoms with Gasteiger partial charge in [-0.15, -0.1) is 0 Å². The predicted molar refractivity (Wildman–Crippen MR) is 123 cm³/mol. The Kier molecular flexibility index (Phi) is 5.90. The molecule has 4 aromatic rings. The van der Waals surface area contributed by atoms with E-state index in [0.717, 1.165) is 11.4 Å². The van der Waals surface area contributed by atoms with E-state index in [9.17, 15) is 4.79 Å². The van der Waals surface area contributed by atoms with Gasteiger partial charge >= 0.3 is 0 Å². The summed E-state index contributed by atoms with van der Waals surface area (Å²) < 4.78 is 0. The van der Waals surface area contributed by atoms with Crippen LogP contribution < -0.4 is 27.0 Å². The van der Waals surface area contributed by atoms with Crippen LogP contribution in [0.3, 0.4) is 0 Å². The number of benzene rings is 3. The number of rotatable bonds is 7. The fourth-order valence-corrected chi connectivity index (χ4v) is 2.90. The lowest BCUT2D eigenvalue weighted by Crippen LogP contribution is -2.31. The number of hydrazine groups is 2. The van der Waals surface area contributed by atoms with Gasteiger partial charge in [-0.25, -0.2) is 9.97 Å². The van der Waals surface area contributed by atoms with Crippen LogP contribution in [0.4, 0.5) is 28.7 Å². The van der Waals surface area contributed by atoms with Gasteiger partial charge in [0, 0.05) is 5.56 Å². The van der Waals surface area contributed by atoms with E-state index < -0.39 is 0 Å². The zero-order valence-corrected chi connectivity index (χ0v) is 16.6. The SMILES string of the molecule is Nc1c(NNC(=O)c2ccccc2)ncnc1NN(c1ccccc1)c1ccccc1. The lowest BCUT2D eigenvalue weighted by molar-refractivity contribution is 0.0962. The Labute approximate surface area is 179 Å². The van der Waals surface area contributed by atoms with Gasteiger partial charge in [0.15, 0.2) is 11.6 Å². The van der Waals surface area contributed by atoms with Gasteiger partial charge in [0.2, 0.25) is 0 Å². The van der Waals surface area contributed by atoms with Gasteiger partial charge in [0.05, 0.1) is 11.4 Å². The minimum Gasteiger partial charge on any atom is -0.393 e. The number of hydrogen-bond donors (Lipinski definition) is 4. The minimum absolute atomic E-state index is 0.257. The summed E-state index contributed by atoms with van der Waals surface area (Å²) in [7, 11) is 0. The quantitative estimate of drug-likeness (QED) is 0.341. The van der Waals surface area contributed by atoms with E-state index in [1.807, 2.05) is 71.7 Å². The summed E-state index contributed by atoms with van der Waals surface area (Å²) in [4.78, 5) is 20.7. The van der Waals surface area contributed by atoms with Crippen molar-refractivity contribution in [2.45, 2.75) is 0 Å². The molecule has 0 radical (unpaired) electrons. The molecule has 8 heteroatoms. The van der Waals surface area contributed by atoms with Crippen molar-refractivity contribution in [2.75, 3.05) is 21.6 Å². The molecular weight excluding hydrogens is 390 g/mol. The summed E-state index contributed by atoms with van der Waals surface area (Å²) in [5.74, 6) is 0.366. The number of carbonyl (C=O) groups is 1. The molecule has 5 N–H and O–H groups in total. The smallest absolute Gasteiger partial charge is 0.269 e. The highest BCUT2D eigenvalue weighted by Gasteiger charge is 2.15. The van der Waals surface area contributed by atoms with Crippen molar-refractivity contribution in [3.05, 3.63) is 103 Å². The van der Waals surface area contributed by atoms with E-state index in [1.54, 1.807) is 24.3 Å². The van der Waals surface area contributed by atoms with Crippen LogP contribution in [0.1, 0.15) is 10.4 Å². The van der Waals surface area contributed by atoms with Gasteiger partial charge in [0.1, 0.15) is 12.0 Å². The normalized spacial score (nSPS) is 10.2. The molecule has 1 amide bonds. The predicted octanol–water partition coefficient (Wildman–Crippen LogP) is 3.98. The summed E-state index contributed by atoms with van der Waals surface area (Å²) in [5.41, 5.74) is 17.5. The Bertz CT molecular complexity index is 1100. The summed E-state index contributed by atoms with van der Waals surface area (Å²) in [6.07, 6.45) is 1.36. The van der Waals surface area contributed by atoms with Crippen LogP contribution in [0.5, 0.6) is 0 Å². The van der Waals surface area contributed by atoms with Gasteiger partial charge in [-0.1, -0.05) is 54.6 Å². The summed E-state index contributed by atoms with van der Waals surface area (Å²) in [5, 5.41) is 1.87. The number of para-hydroxylation sites is 2. The molecule has 31 heavy (non-hydrogen) atoms. The topological polar surface area (TPSA) is 108 Å². The van der Waals surface area contributed by atoms with Gasteiger partial charge < -0.3 is 5.73 Å². The molecule has 0 aliphatic carbocycles. The number of carbonyl (C=O) groups excluding carboxylic acids is 1. The van der Waals surface area contributed by atoms with Crippen molar-refractivity contribution in [3.8, 4) is 0 Å². The van der Waals surface area contributed by atoms with Crippen molar-refractivity contribution < 1.29 is 4.79 Å². The molecular formula is C23H21N7O. The number of nitrogens with zero attached hydrogens (tertiary/aromatic N) is 3. The summed E-state index contributed by atoms with van der Waals surface area (Å²) in [6.45, 7) is 0. The van der Waals surface area contributed by atoms with Gasteiger partial charge in [-0.3, -0.25) is 26.1 Å². The zero-order valence-electron chi connectivity index (χ0n) is 16.6. The molecule has 0 aliphatic rings. The average molecular weight is 411 g/mol. The van der Waals surface area contributed by atoms with Crippen LogP contribution in [0, 0.1) is 0 Å². The minimum atomic E-state index is -0.302. The van der Waals surface area contributed by atoms with Crippen molar-refractivity contribution in [3.63, 3.8) is 0 Å². The third-order valence-electron chi connectivity index (χ3n) is 4.46. The Morgan fingerprint density at radius 2 is 1.26 bits per heavy atom. The van der Waals surface area contributed by atoms with Crippen molar-refractivity contribution in [1.82, 2.24) is 15.4 Å². The van der Waals surface area contributed by atoms with E-state index in [0.29, 0.717) is 11.4 Å². The second-order valence-corrected chi connectivity index (χ2v) is 6.55. The fourth-order valence-electron chi connectivity index (χ4n) is 2.90. The van der Waals surface area contributed by atoms with Crippen LogP contribution in [0.25, 0.3) is 0 Å². The lowest BCUT2D eigenvalue weighted by atomic mass is 10.2. The van der Waals surface area contributed by atoms with E-state index in [1.165, 1.54) is 6.33 Å². The first-order valence-corrected chi connectivity index (χ1v) is 9.61. The molecule has 154 valence electrons. The largest absolute Gasteiger partial charge is 0.393 e. The van der Waals surface area contributed by atoms with E-state index >= 15 is 0 Å². The van der Waals surface area contributed by atoms with Crippen LogP contribution in [-0.4, -0.2) is 15.9 Å². The Morgan fingerprint density at radius 1 is 0.742 bits per heavy atom. The average Bonchev–Trinajstić information content (AvgIpc) is 2.84. The number of anilines is 5. The molecule has 1 heterocycles. The number of nitrogens with two attached hydrogens (primary N) is 1. The molecule has 0 saturated heterocycles. The van der Waals surface area contributed by atoms with Gasteiger partial charge in [-0.2, -0.15) is 0 Å². The van der Waals surface area contributed by atoms with Crippen molar-refractivity contribution >= 4 is 34.6 Å². The maximum Gasteiger partial charge on any atom is 0.269 e. The fraction of sp³-hybridized carbons (Fsp3) is 0. The first-order valence-electron chi connectivity index (χ1n) is 9.61. The highest BCUT2D eigenvalue weighted by atomic mass is 16.2. The highest BCUT2D eigenvalue weighted by molar-refractivity contribution is 5.95. The highest BCUT2D eigenvalue weighted by Crippen LogP contribution is 2.29. The standard InChI is InChI=1S/C23H21N7O/c24-20-21(27-28-23(31)17-10-4-1-5-11-17)25-16-26-22(20)29-30(18-12-6-2-7-13-18)19-14-8-3-9-15-19/h1-16H,24H2,(H,28,31)(H2,25,26,27,29). The Balaban J connectivity index is 1.56. The summed E-state index contributed by atoms with van der Waals surface area (Å²) >= 11 is 0. The first-order chi connectivity index (χ1) is 15.2. The second-order valence-electron chi connectivity index (χ2n) is 6.55. The van der Waals surface area contributed by atoms with Crippen LogP contribution in [0.15, 0.2) is 97.3 Å². The third kappa shape index (κ3) is 4.70. The van der Waals surface area contributed by atoms with E-state index in [4.69, 9.17) is 5.73 Å². The molecule has 4 rings (SSSR count). The lowest BCUT2D eigenvalue weighted by Gasteiger charge is -2.26. The molecule has 0 spiro atoms. The molecule has 8 nitrogen and oxygen atoms in total. The van der Waals surface area contributed by atoms with Gasteiger partial charge in [0.25, 0.3) is 5.91 Å². The Hall–Kier alpha value is -4.59. The Morgan fingerprint density at radius 3 is 1.84 bits per heavy atom. The maximum atomic E-state index is 12.3. The molecule has 0 unspecified atom stereocenters. The second kappa shape index (κ2) is 9.27. The number of nitrogens with one attached hydrogen (secondary N) is 3. The van der Waals surface area contributed by atoms with Crippen molar-refractivity contribution in [2.24, 2.45) is 0 Å². The molecule has 0 atom stereocenters. The molecule has 0 bridgehead atoms. The molecule has 0 fully saturated rings. The molecule has 1 aromatic heterocycles. The number of amides is 1. The first kappa shape index (κ1) is 19.7. The van der Waals surface area contributed by atoms with E-state index in [-0.39, 0.29) is 17.4 Å². The van der Waals surface area contributed by atoms with Crippen LogP contribution >= 0.6 is 0 Å². The maximum absolute atomic E-state index is 12.3.